The molecule has 1 aliphatic heterocycles. The lowest BCUT2D eigenvalue weighted by molar-refractivity contribution is 0.260. The van der Waals surface area contributed by atoms with E-state index in [0.29, 0.717) is 5.11 Å². The quantitative estimate of drug-likeness (QED) is 0.623. The summed E-state index contributed by atoms with van der Waals surface area (Å²) in [5.41, 5.74) is 3.87. The highest BCUT2D eigenvalue weighted by Crippen LogP contribution is 2.08. The number of anilines is 1. The van der Waals surface area contributed by atoms with Crippen LogP contribution in [0.5, 0.6) is 0 Å². The molecule has 0 bridgehead atoms. The molecule has 2 N–H and O–H groups in total. The van der Waals surface area contributed by atoms with Crippen molar-refractivity contribution >= 4 is 23.0 Å². The van der Waals surface area contributed by atoms with Gasteiger partial charge in [-0.1, -0.05) is 12.2 Å². The smallest absolute Gasteiger partial charge is 0.185 e. The minimum absolute atomic E-state index is 0.254. The van der Waals surface area contributed by atoms with Crippen LogP contribution in [0.2, 0.25) is 0 Å². The van der Waals surface area contributed by atoms with E-state index in [2.05, 4.69) is 22.9 Å². The molecule has 0 aromatic heterocycles. The Morgan fingerprint density at radius 2 is 2.00 bits per heavy atom. The van der Waals surface area contributed by atoms with Gasteiger partial charge in [0.2, 0.25) is 0 Å². The van der Waals surface area contributed by atoms with Crippen LogP contribution in [0.25, 0.3) is 0 Å². The Hall–Kier alpha value is -1.46. The van der Waals surface area contributed by atoms with E-state index in [-0.39, 0.29) is 5.82 Å². The molecule has 1 aromatic rings. The molecule has 3 nitrogen and oxygen atoms in total. The van der Waals surface area contributed by atoms with Gasteiger partial charge in [-0.3, -0.25) is 5.43 Å². The maximum absolute atomic E-state index is 12.7. The molecular weight excluding hydrogens is 237 g/mol. The van der Waals surface area contributed by atoms with E-state index in [0.717, 1.165) is 25.2 Å². The van der Waals surface area contributed by atoms with E-state index in [1.807, 2.05) is 5.01 Å². The fourth-order valence-corrected chi connectivity index (χ4v) is 1.83. The second-order valence-electron chi connectivity index (χ2n) is 3.78. The van der Waals surface area contributed by atoms with Crippen molar-refractivity contribution in [2.75, 3.05) is 18.4 Å². The molecule has 1 heterocycles. The average molecular weight is 251 g/mol. The average Bonchev–Trinajstić information content (AvgIpc) is 2.33. The van der Waals surface area contributed by atoms with Crippen molar-refractivity contribution in [1.82, 2.24) is 10.4 Å². The fraction of sp³-hybridized carbons (Fsp3) is 0.250. The van der Waals surface area contributed by atoms with Gasteiger partial charge < -0.3 is 5.32 Å². The van der Waals surface area contributed by atoms with Crippen LogP contribution in [0.15, 0.2) is 36.4 Å². The lowest BCUT2D eigenvalue weighted by Gasteiger charge is -2.25. The van der Waals surface area contributed by atoms with Crippen molar-refractivity contribution in [3.05, 3.63) is 42.2 Å². The summed E-state index contributed by atoms with van der Waals surface area (Å²) in [7, 11) is 0. The summed E-state index contributed by atoms with van der Waals surface area (Å²) < 4.78 is 12.7. The van der Waals surface area contributed by atoms with Gasteiger partial charge in [-0.25, -0.2) is 9.40 Å². The first-order valence-corrected chi connectivity index (χ1v) is 5.88. The number of benzene rings is 1. The van der Waals surface area contributed by atoms with Gasteiger partial charge in [0.1, 0.15) is 5.82 Å². The van der Waals surface area contributed by atoms with Crippen molar-refractivity contribution in [1.29, 1.82) is 0 Å². The zero-order chi connectivity index (χ0) is 12.1. The normalized spacial score (nSPS) is 15.6. The maximum atomic E-state index is 12.7. The summed E-state index contributed by atoms with van der Waals surface area (Å²) >= 11 is 5.17. The SMILES string of the molecule is Fc1ccc(NC(=S)NN2CC=CCC2)cc1. The molecule has 0 radical (unpaired) electrons. The van der Waals surface area contributed by atoms with Gasteiger partial charge in [0, 0.05) is 18.8 Å². The monoisotopic (exact) mass is 251 g/mol. The van der Waals surface area contributed by atoms with Crippen LogP contribution in [-0.2, 0) is 0 Å². The van der Waals surface area contributed by atoms with Crippen LogP contribution in [0, 0.1) is 5.82 Å². The zero-order valence-corrected chi connectivity index (χ0v) is 10.1. The maximum Gasteiger partial charge on any atom is 0.185 e. The van der Waals surface area contributed by atoms with Crippen LogP contribution in [0.4, 0.5) is 10.1 Å². The zero-order valence-electron chi connectivity index (χ0n) is 9.32. The molecule has 2 rings (SSSR count). The van der Waals surface area contributed by atoms with Gasteiger partial charge >= 0.3 is 0 Å². The van der Waals surface area contributed by atoms with Crippen molar-refractivity contribution in [3.8, 4) is 0 Å². The van der Waals surface area contributed by atoms with Crippen LogP contribution in [0.3, 0.4) is 0 Å². The van der Waals surface area contributed by atoms with Gasteiger partial charge in [0.05, 0.1) is 0 Å². The summed E-state index contributed by atoms with van der Waals surface area (Å²) in [6, 6.07) is 6.10. The Balaban J connectivity index is 1.84. The molecule has 0 saturated heterocycles. The minimum atomic E-state index is -0.254. The van der Waals surface area contributed by atoms with Crippen LogP contribution >= 0.6 is 12.2 Å². The van der Waals surface area contributed by atoms with E-state index in [4.69, 9.17) is 12.2 Å². The fourth-order valence-electron chi connectivity index (χ4n) is 1.58. The number of hydrogen-bond donors (Lipinski definition) is 2. The molecule has 0 fully saturated rings. The van der Waals surface area contributed by atoms with Gasteiger partial charge in [-0.2, -0.15) is 0 Å². The number of hydrazine groups is 1. The predicted octanol–water partition coefficient (Wildman–Crippen LogP) is 2.29. The second-order valence-corrected chi connectivity index (χ2v) is 4.19. The molecule has 0 atom stereocenters. The standard InChI is InChI=1S/C12H14FN3S/c13-10-4-6-11(7-5-10)14-12(17)15-16-8-2-1-3-9-16/h1-2,4-7H,3,8-9H2,(H2,14,15,17). The summed E-state index contributed by atoms with van der Waals surface area (Å²) in [4.78, 5) is 0. The van der Waals surface area contributed by atoms with Crippen molar-refractivity contribution in [2.24, 2.45) is 0 Å². The summed E-state index contributed by atoms with van der Waals surface area (Å²) in [6.45, 7) is 1.77. The largest absolute Gasteiger partial charge is 0.332 e. The van der Waals surface area contributed by atoms with Crippen LogP contribution in [0.1, 0.15) is 6.42 Å². The molecule has 0 saturated carbocycles. The number of hydrogen-bond acceptors (Lipinski definition) is 2. The van der Waals surface area contributed by atoms with Gasteiger partial charge in [0.25, 0.3) is 0 Å². The van der Waals surface area contributed by atoms with Gasteiger partial charge in [-0.05, 0) is 42.9 Å². The molecule has 5 heteroatoms. The van der Waals surface area contributed by atoms with E-state index in [9.17, 15) is 4.39 Å². The highest BCUT2D eigenvalue weighted by molar-refractivity contribution is 7.80. The highest BCUT2D eigenvalue weighted by atomic mass is 32.1. The van der Waals surface area contributed by atoms with E-state index in [1.54, 1.807) is 12.1 Å². The highest BCUT2D eigenvalue weighted by Gasteiger charge is 2.07. The first kappa shape index (κ1) is 12.0. The topological polar surface area (TPSA) is 27.3 Å². The van der Waals surface area contributed by atoms with Crippen molar-refractivity contribution in [3.63, 3.8) is 0 Å². The van der Waals surface area contributed by atoms with E-state index in [1.165, 1.54) is 12.1 Å². The third-order valence-corrected chi connectivity index (χ3v) is 2.61. The van der Waals surface area contributed by atoms with E-state index >= 15 is 0 Å². The number of nitrogens with zero attached hydrogens (tertiary/aromatic N) is 1. The first-order chi connectivity index (χ1) is 8.24. The molecule has 0 amide bonds. The van der Waals surface area contributed by atoms with Crippen molar-refractivity contribution < 1.29 is 4.39 Å². The van der Waals surface area contributed by atoms with Gasteiger partial charge in [-0.15, -0.1) is 0 Å². The number of nitrogens with one attached hydrogen (secondary N) is 2. The van der Waals surface area contributed by atoms with Crippen LogP contribution < -0.4 is 10.7 Å². The van der Waals surface area contributed by atoms with Gasteiger partial charge in [0.15, 0.2) is 5.11 Å². The predicted molar refractivity (Wildman–Crippen MR) is 71.1 cm³/mol. The lowest BCUT2D eigenvalue weighted by atomic mass is 10.3. The van der Waals surface area contributed by atoms with E-state index < -0.39 is 0 Å². The molecule has 0 aliphatic carbocycles. The Kier molecular flexibility index (Phi) is 4.06. The molecule has 0 unspecified atom stereocenters. The third kappa shape index (κ3) is 3.80. The number of halogens is 1. The molecule has 90 valence electrons. The Labute approximate surface area is 105 Å². The minimum Gasteiger partial charge on any atom is -0.332 e. The Bertz CT molecular complexity index is 416. The first-order valence-electron chi connectivity index (χ1n) is 5.47. The molecule has 17 heavy (non-hydrogen) atoms. The second kappa shape index (κ2) is 5.75. The van der Waals surface area contributed by atoms with Crippen LogP contribution in [-0.4, -0.2) is 23.2 Å². The summed E-state index contributed by atoms with van der Waals surface area (Å²) in [6.07, 6.45) is 5.26. The Morgan fingerprint density at radius 3 is 2.65 bits per heavy atom. The molecule has 1 aliphatic rings. The molecule has 0 spiro atoms. The molecular formula is C12H14FN3S. The number of thiocarbonyl (C=S) groups is 1. The Morgan fingerprint density at radius 1 is 1.24 bits per heavy atom. The molecule has 1 aromatic carbocycles. The summed E-state index contributed by atoms with van der Waals surface area (Å²) in [5.74, 6) is -0.254. The number of rotatable bonds is 2. The van der Waals surface area contributed by atoms with Crippen molar-refractivity contribution in [2.45, 2.75) is 6.42 Å². The lowest BCUT2D eigenvalue weighted by Crippen LogP contribution is -2.45. The third-order valence-electron chi connectivity index (χ3n) is 2.42. The summed E-state index contributed by atoms with van der Waals surface area (Å²) in [5, 5.41) is 5.55.